The second-order valence-corrected chi connectivity index (χ2v) is 7.83. The highest BCUT2D eigenvalue weighted by atomic mass is 16.5. The number of aromatic amines is 1. The zero-order valence-corrected chi connectivity index (χ0v) is 18.5. The summed E-state index contributed by atoms with van der Waals surface area (Å²) in [7, 11) is 1.62. The number of carbonyl (C=O) groups is 2. The number of aryl methyl sites for hydroxylation is 1. The molecule has 2 aromatic carbocycles. The van der Waals surface area contributed by atoms with E-state index < -0.39 is 11.9 Å². The topological polar surface area (TPSA) is 139 Å². The molecule has 5 rings (SSSR count). The quantitative estimate of drug-likeness (QED) is 0.461. The number of amides is 2. The largest absolute Gasteiger partial charge is 0.489 e. The molecule has 0 saturated carbocycles. The number of rotatable bonds is 5. The fourth-order valence-electron chi connectivity index (χ4n) is 3.65. The Morgan fingerprint density at radius 2 is 1.97 bits per heavy atom. The monoisotopic (exact) mass is 459 g/mol. The molecule has 2 N–H and O–H groups in total. The molecule has 34 heavy (non-hydrogen) atoms. The molecule has 0 spiro atoms. The van der Waals surface area contributed by atoms with Crippen LogP contribution in [0.25, 0.3) is 11.5 Å². The van der Waals surface area contributed by atoms with Crippen LogP contribution in [-0.2, 0) is 11.2 Å². The molecule has 11 heteroatoms. The first-order chi connectivity index (χ1) is 16.5. The molecule has 0 aliphatic carbocycles. The van der Waals surface area contributed by atoms with Gasteiger partial charge in [-0.05, 0) is 23.8 Å². The van der Waals surface area contributed by atoms with Crippen LogP contribution in [0.3, 0.4) is 0 Å². The summed E-state index contributed by atoms with van der Waals surface area (Å²) < 4.78 is 11.3. The van der Waals surface area contributed by atoms with E-state index in [1.165, 1.54) is 4.90 Å². The number of nitrogens with one attached hydrogen (secondary N) is 2. The molecular weight excluding hydrogens is 438 g/mol. The summed E-state index contributed by atoms with van der Waals surface area (Å²) >= 11 is 0. The smallest absolute Gasteiger partial charge is 0.289 e. The lowest BCUT2D eigenvalue weighted by molar-refractivity contribution is -0.120. The van der Waals surface area contributed by atoms with E-state index in [9.17, 15) is 9.59 Å². The molecule has 1 aliphatic rings. The molecule has 0 radical (unpaired) electrons. The standard InChI is InChI=1S/C23H21N7O4/c1-13-26-29-22(34-13)15-8-9-17-18(11-15)33-12-16(23(32)30(17)2)24-21(31)20-25-19(27-28-20)10-14-6-4-3-5-7-14/h3-9,11,16H,10,12H2,1-2H3,(H,24,31)(H,25,27,28)/t16-/m0/s1. The van der Waals surface area contributed by atoms with Crippen molar-refractivity contribution in [2.75, 3.05) is 18.6 Å². The van der Waals surface area contributed by atoms with Gasteiger partial charge in [0.2, 0.25) is 17.6 Å². The Kier molecular flexibility index (Phi) is 5.50. The number of aromatic nitrogens is 5. The lowest BCUT2D eigenvalue weighted by Crippen LogP contribution is -2.49. The van der Waals surface area contributed by atoms with Crippen molar-refractivity contribution >= 4 is 17.5 Å². The number of carbonyl (C=O) groups excluding carboxylic acids is 2. The van der Waals surface area contributed by atoms with Gasteiger partial charge in [-0.1, -0.05) is 30.3 Å². The van der Waals surface area contributed by atoms with Crippen LogP contribution in [0.4, 0.5) is 5.69 Å². The van der Waals surface area contributed by atoms with Gasteiger partial charge < -0.3 is 24.4 Å². The Labute approximate surface area is 194 Å². The molecule has 3 heterocycles. The number of hydrogen-bond donors (Lipinski definition) is 2. The van der Waals surface area contributed by atoms with E-state index in [4.69, 9.17) is 9.15 Å². The summed E-state index contributed by atoms with van der Waals surface area (Å²) in [4.78, 5) is 30.1. The normalized spacial score (nSPS) is 15.4. The van der Waals surface area contributed by atoms with Crippen LogP contribution in [0, 0.1) is 6.92 Å². The summed E-state index contributed by atoms with van der Waals surface area (Å²) in [5.41, 5.74) is 2.26. The third-order valence-corrected chi connectivity index (χ3v) is 5.40. The summed E-state index contributed by atoms with van der Waals surface area (Å²) in [6.07, 6.45) is 0.506. The predicted octanol–water partition coefficient (Wildman–Crippen LogP) is 1.91. The Morgan fingerprint density at radius 1 is 1.15 bits per heavy atom. The van der Waals surface area contributed by atoms with Crippen molar-refractivity contribution in [3.63, 3.8) is 0 Å². The number of fused-ring (bicyclic) bond motifs is 1. The van der Waals surface area contributed by atoms with Crippen LogP contribution in [-0.4, -0.2) is 56.9 Å². The van der Waals surface area contributed by atoms with Gasteiger partial charge in [0.25, 0.3) is 11.8 Å². The summed E-state index contributed by atoms with van der Waals surface area (Å²) in [6, 6.07) is 14.0. The Hall–Kier alpha value is -4.54. The minimum absolute atomic E-state index is 0.0252. The second kappa shape index (κ2) is 8.77. The third-order valence-electron chi connectivity index (χ3n) is 5.40. The molecule has 11 nitrogen and oxygen atoms in total. The van der Waals surface area contributed by atoms with Crippen LogP contribution in [0.2, 0.25) is 0 Å². The number of nitrogens with zero attached hydrogens (tertiary/aromatic N) is 5. The SMILES string of the molecule is Cc1nnc(-c2ccc3c(c2)OC[C@H](NC(=O)c2nnc(Cc4ccccc4)[nH]2)C(=O)N3C)o1. The molecule has 4 aromatic rings. The maximum absolute atomic E-state index is 13.0. The number of hydrogen-bond acceptors (Lipinski definition) is 8. The average molecular weight is 459 g/mol. The number of anilines is 1. The van der Waals surface area contributed by atoms with Crippen molar-refractivity contribution in [1.29, 1.82) is 0 Å². The van der Waals surface area contributed by atoms with E-state index in [1.54, 1.807) is 32.2 Å². The van der Waals surface area contributed by atoms with Gasteiger partial charge in [-0.15, -0.1) is 20.4 Å². The molecule has 172 valence electrons. The highest BCUT2D eigenvalue weighted by Gasteiger charge is 2.32. The van der Waals surface area contributed by atoms with E-state index in [0.717, 1.165) is 5.56 Å². The summed E-state index contributed by atoms with van der Waals surface area (Å²) in [5, 5.41) is 18.5. The third kappa shape index (κ3) is 4.22. The van der Waals surface area contributed by atoms with Gasteiger partial charge >= 0.3 is 0 Å². The van der Waals surface area contributed by atoms with Crippen molar-refractivity contribution in [2.24, 2.45) is 0 Å². The van der Waals surface area contributed by atoms with E-state index in [1.807, 2.05) is 30.3 Å². The van der Waals surface area contributed by atoms with Gasteiger partial charge in [-0.25, -0.2) is 0 Å². The second-order valence-electron chi connectivity index (χ2n) is 7.83. The molecule has 1 aliphatic heterocycles. The van der Waals surface area contributed by atoms with Gasteiger partial charge in [-0.3, -0.25) is 9.59 Å². The summed E-state index contributed by atoms with van der Waals surface area (Å²) in [5.74, 6) is 0.965. The molecule has 0 unspecified atom stereocenters. The van der Waals surface area contributed by atoms with Gasteiger partial charge in [0.05, 0.1) is 5.69 Å². The Bertz CT molecular complexity index is 1350. The van der Waals surface area contributed by atoms with Crippen LogP contribution in [0.15, 0.2) is 52.9 Å². The summed E-state index contributed by atoms with van der Waals surface area (Å²) in [6.45, 7) is 1.65. The highest BCUT2D eigenvalue weighted by molar-refractivity contribution is 6.02. The number of ether oxygens (including phenoxy) is 1. The van der Waals surface area contributed by atoms with Gasteiger partial charge in [0.15, 0.2) is 0 Å². The van der Waals surface area contributed by atoms with E-state index in [-0.39, 0.29) is 18.3 Å². The first-order valence-electron chi connectivity index (χ1n) is 10.6. The van der Waals surface area contributed by atoms with Gasteiger partial charge in [0.1, 0.15) is 24.2 Å². The lowest BCUT2D eigenvalue weighted by Gasteiger charge is -2.20. The first-order valence-corrected chi connectivity index (χ1v) is 10.6. The molecule has 2 aromatic heterocycles. The first kappa shape index (κ1) is 21.3. The van der Waals surface area contributed by atoms with Crippen LogP contribution in [0.5, 0.6) is 5.75 Å². The van der Waals surface area contributed by atoms with Crippen molar-refractivity contribution in [1.82, 2.24) is 30.7 Å². The Morgan fingerprint density at radius 3 is 2.74 bits per heavy atom. The fraction of sp³-hybridized carbons (Fsp3) is 0.217. The van der Waals surface area contributed by atoms with Crippen molar-refractivity contribution in [3.8, 4) is 17.2 Å². The van der Waals surface area contributed by atoms with Gasteiger partial charge in [-0.2, -0.15) is 0 Å². The van der Waals surface area contributed by atoms with Crippen molar-refractivity contribution < 1.29 is 18.7 Å². The van der Waals surface area contributed by atoms with Crippen molar-refractivity contribution in [2.45, 2.75) is 19.4 Å². The molecular formula is C23H21N7O4. The lowest BCUT2D eigenvalue weighted by atomic mass is 10.1. The maximum Gasteiger partial charge on any atom is 0.289 e. The zero-order chi connectivity index (χ0) is 23.7. The van der Waals surface area contributed by atoms with E-state index in [0.29, 0.717) is 41.0 Å². The molecule has 1 atom stereocenters. The predicted molar refractivity (Wildman–Crippen MR) is 120 cm³/mol. The zero-order valence-electron chi connectivity index (χ0n) is 18.5. The number of H-pyrrole nitrogens is 1. The van der Waals surface area contributed by atoms with Crippen LogP contribution in [0.1, 0.15) is 27.9 Å². The molecule has 0 fully saturated rings. The number of benzene rings is 2. The number of likely N-dealkylation sites (N-methyl/N-ethyl adjacent to an activating group) is 1. The molecule has 0 bridgehead atoms. The minimum Gasteiger partial charge on any atom is -0.489 e. The van der Waals surface area contributed by atoms with Gasteiger partial charge in [0, 0.05) is 26.0 Å². The van der Waals surface area contributed by atoms with E-state index in [2.05, 4.69) is 30.7 Å². The molecule has 0 saturated heterocycles. The highest BCUT2D eigenvalue weighted by Crippen LogP contribution is 2.34. The fourth-order valence-corrected chi connectivity index (χ4v) is 3.65. The van der Waals surface area contributed by atoms with Crippen molar-refractivity contribution in [3.05, 3.63) is 71.6 Å². The average Bonchev–Trinajstić information content (AvgIpc) is 3.48. The minimum atomic E-state index is -0.915. The van der Waals surface area contributed by atoms with Crippen LogP contribution < -0.4 is 15.0 Å². The molecule has 2 amide bonds. The van der Waals surface area contributed by atoms with Crippen LogP contribution >= 0.6 is 0 Å². The maximum atomic E-state index is 13.0. The Balaban J connectivity index is 1.29. The van der Waals surface area contributed by atoms with E-state index >= 15 is 0 Å².